The van der Waals surface area contributed by atoms with Crippen molar-refractivity contribution in [2.45, 2.75) is 64.7 Å². The van der Waals surface area contributed by atoms with Gasteiger partial charge in [0.2, 0.25) is 0 Å². The smallest absolute Gasteiger partial charge is 0.168 e. The summed E-state index contributed by atoms with van der Waals surface area (Å²) in [6.07, 6.45) is 5.65. The average Bonchev–Trinajstić information content (AvgIpc) is 2.87. The zero-order valence-electron chi connectivity index (χ0n) is 13.5. The molecule has 2 fully saturated rings. The van der Waals surface area contributed by atoms with Crippen LogP contribution in [0.15, 0.2) is 0 Å². The fourth-order valence-corrected chi connectivity index (χ4v) is 3.49. The molecule has 0 aromatic heterocycles. The third kappa shape index (κ3) is 3.94. The molecule has 0 aromatic carbocycles. The highest BCUT2D eigenvalue weighted by Crippen LogP contribution is 2.37. The molecule has 4 heteroatoms. The fraction of sp³-hybridized carbons (Fsp3) is 1.00. The minimum absolute atomic E-state index is 0.199. The molecule has 118 valence electrons. The Labute approximate surface area is 124 Å². The predicted octanol–water partition coefficient (Wildman–Crippen LogP) is 2.37. The summed E-state index contributed by atoms with van der Waals surface area (Å²) < 4.78 is 11.7. The maximum atomic E-state index is 5.91. The van der Waals surface area contributed by atoms with Gasteiger partial charge in [0, 0.05) is 25.4 Å². The summed E-state index contributed by atoms with van der Waals surface area (Å²) in [5.41, 5.74) is 6.11. The zero-order chi connectivity index (χ0) is 14.6. The third-order valence-corrected chi connectivity index (χ3v) is 4.74. The van der Waals surface area contributed by atoms with Gasteiger partial charge in [0.1, 0.15) is 0 Å². The van der Waals surface area contributed by atoms with Gasteiger partial charge in [0.25, 0.3) is 0 Å². The number of ether oxygens (including phenoxy) is 2. The summed E-state index contributed by atoms with van der Waals surface area (Å²) in [5.74, 6) is -0.238. The van der Waals surface area contributed by atoms with Gasteiger partial charge in [-0.1, -0.05) is 20.8 Å². The van der Waals surface area contributed by atoms with Crippen molar-refractivity contribution in [2.24, 2.45) is 11.1 Å². The van der Waals surface area contributed by atoms with E-state index in [1.165, 1.54) is 25.8 Å². The second-order valence-corrected chi connectivity index (χ2v) is 7.18. The Balaban J connectivity index is 1.90. The molecule has 2 aliphatic rings. The Kier molecular flexibility index (Phi) is 5.46. The van der Waals surface area contributed by atoms with E-state index >= 15 is 0 Å². The van der Waals surface area contributed by atoms with Crippen molar-refractivity contribution in [1.29, 1.82) is 0 Å². The summed E-state index contributed by atoms with van der Waals surface area (Å²) in [5, 5.41) is 0. The largest absolute Gasteiger partial charge is 0.348 e. The van der Waals surface area contributed by atoms with E-state index in [1.54, 1.807) is 0 Å². The lowest BCUT2D eigenvalue weighted by Crippen LogP contribution is -2.48. The van der Waals surface area contributed by atoms with Crippen LogP contribution in [0.3, 0.4) is 0 Å². The van der Waals surface area contributed by atoms with Gasteiger partial charge in [-0.2, -0.15) is 0 Å². The lowest BCUT2D eigenvalue weighted by atomic mass is 9.86. The van der Waals surface area contributed by atoms with E-state index in [4.69, 9.17) is 15.2 Å². The van der Waals surface area contributed by atoms with Crippen molar-refractivity contribution in [2.75, 3.05) is 32.8 Å². The van der Waals surface area contributed by atoms with Gasteiger partial charge in [0.05, 0.1) is 13.2 Å². The van der Waals surface area contributed by atoms with Gasteiger partial charge in [-0.15, -0.1) is 0 Å². The van der Waals surface area contributed by atoms with E-state index in [-0.39, 0.29) is 11.2 Å². The Hall–Kier alpha value is -0.160. The first-order valence-electron chi connectivity index (χ1n) is 8.22. The summed E-state index contributed by atoms with van der Waals surface area (Å²) in [6.45, 7) is 11.3. The van der Waals surface area contributed by atoms with E-state index in [0.717, 1.165) is 39.1 Å². The molecule has 1 heterocycles. The number of rotatable bonds is 6. The van der Waals surface area contributed by atoms with Gasteiger partial charge < -0.3 is 15.2 Å². The number of hydrogen-bond acceptors (Lipinski definition) is 4. The maximum absolute atomic E-state index is 5.91. The van der Waals surface area contributed by atoms with Gasteiger partial charge in [-0.05, 0) is 37.8 Å². The summed E-state index contributed by atoms with van der Waals surface area (Å²) in [6, 6.07) is 0.666. The Morgan fingerprint density at radius 2 is 1.80 bits per heavy atom. The average molecular weight is 284 g/mol. The van der Waals surface area contributed by atoms with Crippen molar-refractivity contribution < 1.29 is 9.47 Å². The van der Waals surface area contributed by atoms with Crippen LogP contribution in [0.1, 0.15) is 52.9 Å². The van der Waals surface area contributed by atoms with Crippen LogP contribution in [0, 0.1) is 5.41 Å². The summed E-state index contributed by atoms with van der Waals surface area (Å²) in [4.78, 5) is 2.65. The molecule has 4 nitrogen and oxygen atoms in total. The van der Waals surface area contributed by atoms with Gasteiger partial charge in [-0.25, -0.2) is 0 Å². The molecule has 2 N–H and O–H groups in total. The quantitative estimate of drug-likeness (QED) is 0.813. The molecule has 1 aliphatic heterocycles. The lowest BCUT2D eigenvalue weighted by Gasteiger charge is -2.43. The number of hydrogen-bond donors (Lipinski definition) is 1. The van der Waals surface area contributed by atoms with Crippen LogP contribution in [-0.4, -0.2) is 49.6 Å². The SMILES string of the molecule is CCCN(CC(C)(C)CN)C1CCC2(CC1)OCCO2. The zero-order valence-corrected chi connectivity index (χ0v) is 13.5. The van der Waals surface area contributed by atoms with Gasteiger partial charge in [-0.3, -0.25) is 4.90 Å². The van der Waals surface area contributed by atoms with Crippen LogP contribution in [0.2, 0.25) is 0 Å². The van der Waals surface area contributed by atoms with Gasteiger partial charge >= 0.3 is 0 Å². The topological polar surface area (TPSA) is 47.7 Å². The van der Waals surface area contributed by atoms with E-state index < -0.39 is 0 Å². The van der Waals surface area contributed by atoms with Crippen LogP contribution in [-0.2, 0) is 9.47 Å². The molecule has 0 atom stereocenters. The monoisotopic (exact) mass is 284 g/mol. The van der Waals surface area contributed by atoms with Crippen LogP contribution in [0.4, 0.5) is 0 Å². The maximum Gasteiger partial charge on any atom is 0.168 e. The van der Waals surface area contributed by atoms with E-state index in [2.05, 4.69) is 25.7 Å². The minimum atomic E-state index is -0.238. The molecule has 0 aromatic rings. The normalized spacial score (nSPS) is 23.9. The molecule has 1 aliphatic carbocycles. The third-order valence-electron chi connectivity index (χ3n) is 4.74. The molecule has 1 saturated carbocycles. The lowest BCUT2D eigenvalue weighted by molar-refractivity contribution is -0.184. The van der Waals surface area contributed by atoms with Crippen molar-refractivity contribution >= 4 is 0 Å². The number of nitrogens with two attached hydrogens (primary N) is 1. The van der Waals surface area contributed by atoms with Crippen molar-refractivity contribution in [3.63, 3.8) is 0 Å². The van der Waals surface area contributed by atoms with Crippen molar-refractivity contribution in [1.82, 2.24) is 4.90 Å². The first-order chi connectivity index (χ1) is 9.50. The van der Waals surface area contributed by atoms with Crippen LogP contribution in [0.5, 0.6) is 0 Å². The first-order valence-corrected chi connectivity index (χ1v) is 8.22. The summed E-state index contributed by atoms with van der Waals surface area (Å²) in [7, 11) is 0. The summed E-state index contributed by atoms with van der Waals surface area (Å²) >= 11 is 0. The molecule has 20 heavy (non-hydrogen) atoms. The standard InChI is InChI=1S/C16H32N2O2/c1-4-9-18(13-15(2,3)12-17)14-5-7-16(8-6-14)19-10-11-20-16/h14H,4-13,17H2,1-3H3. The molecule has 0 unspecified atom stereocenters. The molecular weight excluding hydrogens is 252 g/mol. The molecule has 2 rings (SSSR count). The Bertz CT molecular complexity index is 291. The second kappa shape index (κ2) is 6.73. The molecule has 0 bridgehead atoms. The van der Waals surface area contributed by atoms with Crippen LogP contribution < -0.4 is 5.73 Å². The van der Waals surface area contributed by atoms with Crippen molar-refractivity contribution in [3.05, 3.63) is 0 Å². The second-order valence-electron chi connectivity index (χ2n) is 7.18. The number of nitrogens with zero attached hydrogens (tertiary/aromatic N) is 1. The van der Waals surface area contributed by atoms with Crippen LogP contribution in [0.25, 0.3) is 0 Å². The van der Waals surface area contributed by atoms with E-state index in [0.29, 0.717) is 6.04 Å². The molecule has 0 amide bonds. The van der Waals surface area contributed by atoms with E-state index in [1.807, 2.05) is 0 Å². The Morgan fingerprint density at radius 3 is 2.30 bits per heavy atom. The molecule has 1 saturated heterocycles. The minimum Gasteiger partial charge on any atom is -0.348 e. The molecule has 1 spiro atoms. The Morgan fingerprint density at radius 1 is 1.20 bits per heavy atom. The van der Waals surface area contributed by atoms with Crippen LogP contribution >= 0.6 is 0 Å². The fourth-order valence-electron chi connectivity index (χ4n) is 3.49. The highest BCUT2D eigenvalue weighted by molar-refractivity contribution is 4.88. The predicted molar refractivity (Wildman–Crippen MR) is 81.6 cm³/mol. The highest BCUT2D eigenvalue weighted by Gasteiger charge is 2.41. The van der Waals surface area contributed by atoms with Gasteiger partial charge in [0.15, 0.2) is 5.79 Å². The van der Waals surface area contributed by atoms with E-state index in [9.17, 15) is 0 Å². The van der Waals surface area contributed by atoms with Crippen molar-refractivity contribution in [3.8, 4) is 0 Å². The highest BCUT2D eigenvalue weighted by atomic mass is 16.7. The molecular formula is C16H32N2O2. The first kappa shape index (κ1) is 16.2. The molecule has 0 radical (unpaired) electrons.